The van der Waals surface area contributed by atoms with Gasteiger partial charge in [0, 0.05) is 16.3 Å². The summed E-state index contributed by atoms with van der Waals surface area (Å²) in [5.74, 6) is 0. The van der Waals surface area contributed by atoms with E-state index in [1.807, 2.05) is 18.2 Å². The zero-order valence-corrected chi connectivity index (χ0v) is 9.81. The molecule has 1 N–H and O–H groups in total. The molecule has 80 valence electrons. The molecule has 0 spiro atoms. The summed E-state index contributed by atoms with van der Waals surface area (Å²) in [6.07, 6.45) is 1.01. The number of aryl methyl sites for hydroxylation is 1. The van der Waals surface area contributed by atoms with E-state index in [2.05, 4.69) is 30.1 Å². The second kappa shape index (κ2) is 3.53. The van der Waals surface area contributed by atoms with E-state index in [4.69, 9.17) is 11.6 Å². The highest BCUT2D eigenvalue weighted by Crippen LogP contribution is 2.33. The number of halogens is 1. The minimum absolute atomic E-state index is 0.824. The third kappa shape index (κ3) is 1.25. The average Bonchev–Trinajstić information content (AvgIpc) is 2.69. The maximum absolute atomic E-state index is 6.29. The van der Waals surface area contributed by atoms with Gasteiger partial charge in [-0.05, 0) is 24.1 Å². The highest BCUT2D eigenvalue weighted by molar-refractivity contribution is 6.38. The quantitative estimate of drug-likeness (QED) is 0.631. The smallest absolute Gasteiger partial charge is 0.0512 e. The zero-order valence-electron chi connectivity index (χ0n) is 9.05. The predicted molar refractivity (Wildman–Crippen MR) is 70.2 cm³/mol. The Morgan fingerprint density at radius 1 is 1.12 bits per heavy atom. The summed E-state index contributed by atoms with van der Waals surface area (Å²) in [5.41, 5.74) is 3.65. The van der Waals surface area contributed by atoms with Gasteiger partial charge in [0.1, 0.15) is 0 Å². The molecule has 0 fully saturated rings. The maximum atomic E-state index is 6.29. The Kier molecular flexibility index (Phi) is 2.15. The Morgan fingerprint density at radius 3 is 2.75 bits per heavy atom. The van der Waals surface area contributed by atoms with Crippen molar-refractivity contribution in [3.63, 3.8) is 0 Å². The number of para-hydroxylation sites is 1. The number of nitrogens with one attached hydrogen (secondary N) is 1. The van der Waals surface area contributed by atoms with Gasteiger partial charge in [0.05, 0.1) is 10.5 Å². The van der Waals surface area contributed by atoms with Gasteiger partial charge < -0.3 is 4.98 Å². The molecule has 1 aromatic heterocycles. The molecule has 3 aromatic rings. The fourth-order valence-corrected chi connectivity index (χ4v) is 2.53. The number of hydrogen-bond acceptors (Lipinski definition) is 0. The molecular weight excluding hydrogens is 218 g/mol. The second-order valence-electron chi connectivity index (χ2n) is 3.98. The van der Waals surface area contributed by atoms with E-state index in [0.29, 0.717) is 0 Å². The molecule has 0 atom stereocenters. The number of benzene rings is 2. The fraction of sp³-hybridized carbons (Fsp3) is 0.143. The van der Waals surface area contributed by atoms with Gasteiger partial charge in [-0.3, -0.25) is 0 Å². The molecule has 2 heteroatoms. The van der Waals surface area contributed by atoms with Crippen LogP contribution in [0.3, 0.4) is 0 Å². The summed E-state index contributed by atoms with van der Waals surface area (Å²) in [4.78, 5) is 3.45. The van der Waals surface area contributed by atoms with Crippen LogP contribution in [0.1, 0.15) is 12.5 Å². The highest BCUT2D eigenvalue weighted by Gasteiger charge is 2.09. The lowest BCUT2D eigenvalue weighted by Crippen LogP contribution is -1.82. The van der Waals surface area contributed by atoms with Crippen LogP contribution < -0.4 is 0 Å². The Labute approximate surface area is 99.0 Å². The second-order valence-corrected chi connectivity index (χ2v) is 4.39. The fourth-order valence-electron chi connectivity index (χ4n) is 2.27. The molecule has 16 heavy (non-hydrogen) atoms. The molecule has 0 aliphatic carbocycles. The SMILES string of the molecule is CCc1ccc(Cl)c2c1[nH]c1ccccc12. The number of fused-ring (bicyclic) bond motifs is 3. The van der Waals surface area contributed by atoms with Crippen LogP contribution in [0.4, 0.5) is 0 Å². The summed E-state index contributed by atoms with van der Waals surface area (Å²) >= 11 is 6.29. The maximum Gasteiger partial charge on any atom is 0.0512 e. The standard InChI is InChI=1S/C14H12ClN/c1-2-9-7-8-11(15)13-10-5-3-4-6-12(10)16-14(9)13/h3-8,16H,2H2,1H3. The van der Waals surface area contributed by atoms with Gasteiger partial charge in [0.25, 0.3) is 0 Å². The molecule has 2 aromatic carbocycles. The number of aromatic amines is 1. The normalized spacial score (nSPS) is 11.4. The van der Waals surface area contributed by atoms with Gasteiger partial charge in [-0.25, -0.2) is 0 Å². The van der Waals surface area contributed by atoms with Crippen LogP contribution in [0.2, 0.25) is 5.02 Å². The summed E-state index contributed by atoms with van der Waals surface area (Å²) < 4.78 is 0. The lowest BCUT2D eigenvalue weighted by atomic mass is 10.1. The molecule has 0 aliphatic rings. The Bertz CT molecular complexity index is 667. The van der Waals surface area contributed by atoms with Crippen LogP contribution in [0.5, 0.6) is 0 Å². The Balaban J connectivity index is 2.58. The van der Waals surface area contributed by atoms with Crippen molar-refractivity contribution in [2.75, 3.05) is 0 Å². The van der Waals surface area contributed by atoms with Crippen molar-refractivity contribution < 1.29 is 0 Å². The number of hydrogen-bond donors (Lipinski definition) is 1. The van der Waals surface area contributed by atoms with Crippen molar-refractivity contribution in [1.82, 2.24) is 4.98 Å². The molecule has 0 saturated heterocycles. The van der Waals surface area contributed by atoms with Crippen molar-refractivity contribution >= 4 is 33.4 Å². The van der Waals surface area contributed by atoms with Crippen molar-refractivity contribution in [3.05, 3.63) is 47.0 Å². The molecular formula is C14H12ClN. The largest absolute Gasteiger partial charge is 0.354 e. The molecule has 3 rings (SSSR count). The first-order valence-corrected chi connectivity index (χ1v) is 5.87. The summed E-state index contributed by atoms with van der Waals surface area (Å²) in [7, 11) is 0. The summed E-state index contributed by atoms with van der Waals surface area (Å²) in [5, 5.41) is 3.18. The average molecular weight is 230 g/mol. The van der Waals surface area contributed by atoms with Gasteiger partial charge in [0.15, 0.2) is 0 Å². The van der Waals surface area contributed by atoms with Gasteiger partial charge in [-0.2, -0.15) is 0 Å². The third-order valence-electron chi connectivity index (χ3n) is 3.08. The van der Waals surface area contributed by atoms with E-state index in [0.717, 1.165) is 22.3 Å². The lowest BCUT2D eigenvalue weighted by Gasteiger charge is -2.00. The monoisotopic (exact) mass is 229 g/mol. The molecule has 0 amide bonds. The topological polar surface area (TPSA) is 15.8 Å². The molecule has 0 bridgehead atoms. The first-order valence-electron chi connectivity index (χ1n) is 5.49. The van der Waals surface area contributed by atoms with Gasteiger partial charge in [-0.15, -0.1) is 0 Å². The lowest BCUT2D eigenvalue weighted by molar-refractivity contribution is 1.15. The van der Waals surface area contributed by atoms with Gasteiger partial charge in [-0.1, -0.05) is 42.8 Å². The third-order valence-corrected chi connectivity index (χ3v) is 3.39. The first-order chi connectivity index (χ1) is 7.81. The molecule has 0 aliphatic heterocycles. The van der Waals surface area contributed by atoms with E-state index >= 15 is 0 Å². The van der Waals surface area contributed by atoms with E-state index < -0.39 is 0 Å². The van der Waals surface area contributed by atoms with Crippen LogP contribution in [-0.2, 0) is 6.42 Å². The van der Waals surface area contributed by atoms with Gasteiger partial charge >= 0.3 is 0 Å². The molecule has 0 radical (unpaired) electrons. The van der Waals surface area contributed by atoms with E-state index in [1.54, 1.807) is 0 Å². The van der Waals surface area contributed by atoms with Crippen LogP contribution in [0.25, 0.3) is 21.8 Å². The number of rotatable bonds is 1. The number of aromatic nitrogens is 1. The zero-order chi connectivity index (χ0) is 11.1. The Hall–Kier alpha value is -1.47. The van der Waals surface area contributed by atoms with E-state index in [9.17, 15) is 0 Å². The minimum atomic E-state index is 0.824. The number of H-pyrrole nitrogens is 1. The van der Waals surface area contributed by atoms with Crippen LogP contribution in [0, 0.1) is 0 Å². The van der Waals surface area contributed by atoms with Crippen LogP contribution in [-0.4, -0.2) is 4.98 Å². The van der Waals surface area contributed by atoms with Crippen LogP contribution >= 0.6 is 11.6 Å². The van der Waals surface area contributed by atoms with Crippen molar-refractivity contribution in [2.24, 2.45) is 0 Å². The van der Waals surface area contributed by atoms with Gasteiger partial charge in [0.2, 0.25) is 0 Å². The predicted octanol–water partition coefficient (Wildman–Crippen LogP) is 4.54. The molecule has 0 saturated carbocycles. The molecule has 1 heterocycles. The summed E-state index contributed by atoms with van der Waals surface area (Å²) in [6, 6.07) is 12.4. The van der Waals surface area contributed by atoms with Crippen molar-refractivity contribution in [1.29, 1.82) is 0 Å². The summed E-state index contributed by atoms with van der Waals surface area (Å²) in [6.45, 7) is 2.16. The molecule has 0 unspecified atom stereocenters. The highest BCUT2D eigenvalue weighted by atomic mass is 35.5. The van der Waals surface area contributed by atoms with E-state index in [-0.39, 0.29) is 0 Å². The van der Waals surface area contributed by atoms with Crippen LogP contribution in [0.15, 0.2) is 36.4 Å². The minimum Gasteiger partial charge on any atom is -0.354 e. The van der Waals surface area contributed by atoms with E-state index in [1.165, 1.54) is 16.5 Å². The molecule has 1 nitrogen and oxygen atoms in total. The Morgan fingerprint density at radius 2 is 1.94 bits per heavy atom. The first kappa shape index (κ1) is 9.73. The van der Waals surface area contributed by atoms with Crippen molar-refractivity contribution in [2.45, 2.75) is 13.3 Å². The van der Waals surface area contributed by atoms with Crippen molar-refractivity contribution in [3.8, 4) is 0 Å².